The highest BCUT2D eigenvalue weighted by Gasteiger charge is 2.23. The van der Waals surface area contributed by atoms with Crippen LogP contribution < -0.4 is 0 Å². The fourth-order valence-electron chi connectivity index (χ4n) is 5.98. The first-order valence-electron chi connectivity index (χ1n) is 11.2. The third kappa shape index (κ3) is 1.74. The van der Waals surface area contributed by atoms with Crippen LogP contribution in [0.2, 0.25) is 0 Å². The third-order valence-corrected chi connectivity index (χ3v) is 7.33. The minimum atomic E-state index is 0.915. The van der Waals surface area contributed by atoms with Gasteiger partial charge in [-0.3, -0.25) is 0 Å². The molecule has 9 aromatic rings. The lowest BCUT2D eigenvalue weighted by atomic mass is 10.0. The molecule has 9 rings (SSSR count). The highest BCUT2D eigenvalue weighted by Crippen LogP contribution is 2.45. The maximum absolute atomic E-state index is 6.50. The fourth-order valence-corrected chi connectivity index (χ4v) is 5.98. The first-order valence-corrected chi connectivity index (χ1v) is 11.2. The van der Waals surface area contributed by atoms with Gasteiger partial charge in [0.2, 0.25) is 0 Å². The van der Waals surface area contributed by atoms with Gasteiger partial charge in [0.25, 0.3) is 0 Å². The van der Waals surface area contributed by atoms with Gasteiger partial charge in [-0.15, -0.1) is 0 Å². The van der Waals surface area contributed by atoms with Crippen LogP contribution in [0, 0.1) is 0 Å². The van der Waals surface area contributed by atoms with E-state index in [-0.39, 0.29) is 0 Å². The average molecular weight is 421 g/mol. The lowest BCUT2D eigenvalue weighted by Gasteiger charge is -2.00. The predicted molar refractivity (Wildman–Crippen MR) is 136 cm³/mol. The Balaban J connectivity index is 1.67. The molecule has 0 N–H and O–H groups in total. The molecule has 4 aromatic heterocycles. The smallest absolute Gasteiger partial charge is 0.160 e. The van der Waals surface area contributed by atoms with Crippen molar-refractivity contribution in [2.75, 3.05) is 0 Å². The van der Waals surface area contributed by atoms with Crippen molar-refractivity contribution in [3.63, 3.8) is 0 Å². The number of aromatic nitrogens is 1. The van der Waals surface area contributed by atoms with Gasteiger partial charge < -0.3 is 13.2 Å². The topological polar surface area (TPSA) is 30.7 Å². The first kappa shape index (κ1) is 16.2. The van der Waals surface area contributed by atoms with Crippen molar-refractivity contribution >= 4 is 82.0 Å². The third-order valence-electron chi connectivity index (χ3n) is 7.33. The van der Waals surface area contributed by atoms with Gasteiger partial charge in [0.05, 0.1) is 16.6 Å². The van der Waals surface area contributed by atoms with Crippen LogP contribution in [0.15, 0.2) is 99.8 Å². The highest BCUT2D eigenvalue weighted by molar-refractivity contribution is 6.31. The number of hydrogen-bond donors (Lipinski definition) is 0. The molecule has 0 aliphatic rings. The molecule has 0 radical (unpaired) electrons. The number of rotatable bonds is 0. The first-order chi connectivity index (χ1) is 16.4. The van der Waals surface area contributed by atoms with E-state index in [1.165, 1.54) is 27.1 Å². The standard InChI is InChI=1S/C30H15NO2/c1-3-10-24-16(6-1)22-14-12-20-18-8-5-9-19-21-13-15-23-17-7-2-4-11-25(17)33-30(23)28(21)31(26(18)19)27(20)29(22)32-24/h1-15H. The van der Waals surface area contributed by atoms with E-state index in [0.717, 1.165) is 54.9 Å². The Morgan fingerprint density at radius 3 is 1.33 bits per heavy atom. The highest BCUT2D eigenvalue weighted by atomic mass is 16.3. The number of furan rings is 2. The van der Waals surface area contributed by atoms with Gasteiger partial charge >= 0.3 is 0 Å². The summed E-state index contributed by atoms with van der Waals surface area (Å²) >= 11 is 0. The molecule has 0 saturated heterocycles. The van der Waals surface area contributed by atoms with E-state index in [1.807, 2.05) is 24.3 Å². The molecule has 3 nitrogen and oxygen atoms in total. The summed E-state index contributed by atoms with van der Waals surface area (Å²) in [5.74, 6) is 0. The Morgan fingerprint density at radius 2 is 0.788 bits per heavy atom. The second-order valence-electron chi connectivity index (χ2n) is 8.91. The molecule has 0 atom stereocenters. The van der Waals surface area contributed by atoms with Gasteiger partial charge in [0, 0.05) is 43.1 Å². The van der Waals surface area contributed by atoms with Crippen molar-refractivity contribution in [1.82, 2.24) is 4.40 Å². The maximum Gasteiger partial charge on any atom is 0.160 e. The molecular formula is C30H15NO2. The van der Waals surface area contributed by atoms with Crippen LogP contribution >= 0.6 is 0 Å². The lowest BCUT2D eigenvalue weighted by Crippen LogP contribution is -1.82. The molecule has 4 heterocycles. The van der Waals surface area contributed by atoms with E-state index >= 15 is 0 Å². The molecule has 0 saturated carbocycles. The fraction of sp³-hybridized carbons (Fsp3) is 0. The zero-order valence-electron chi connectivity index (χ0n) is 17.4. The second kappa shape index (κ2) is 5.28. The normalized spacial score (nSPS) is 12.8. The summed E-state index contributed by atoms with van der Waals surface area (Å²) in [6, 6.07) is 32.0. The van der Waals surface area contributed by atoms with Crippen LogP contribution in [0.25, 0.3) is 82.0 Å². The van der Waals surface area contributed by atoms with Crippen LogP contribution in [-0.2, 0) is 0 Å². The van der Waals surface area contributed by atoms with E-state index in [4.69, 9.17) is 8.83 Å². The Morgan fingerprint density at radius 1 is 0.364 bits per heavy atom. The van der Waals surface area contributed by atoms with E-state index in [1.54, 1.807) is 0 Å². The quantitative estimate of drug-likeness (QED) is 0.245. The average Bonchev–Trinajstić information content (AvgIpc) is 3.59. The van der Waals surface area contributed by atoms with Crippen molar-refractivity contribution < 1.29 is 8.83 Å². The Hall–Kier alpha value is -4.50. The largest absolute Gasteiger partial charge is 0.454 e. The van der Waals surface area contributed by atoms with Gasteiger partial charge in [-0.05, 0) is 24.3 Å². The summed E-state index contributed by atoms with van der Waals surface area (Å²) in [7, 11) is 0. The van der Waals surface area contributed by atoms with Crippen molar-refractivity contribution in [1.29, 1.82) is 0 Å². The number of nitrogens with zero attached hydrogens (tertiary/aromatic N) is 1. The maximum atomic E-state index is 6.50. The Bertz CT molecular complexity index is 2080. The Kier molecular flexibility index (Phi) is 2.59. The molecule has 3 heteroatoms. The summed E-state index contributed by atoms with van der Waals surface area (Å²) in [4.78, 5) is 0. The molecular weight excluding hydrogens is 406 g/mol. The number of fused-ring (bicyclic) bond motifs is 14. The second-order valence-corrected chi connectivity index (χ2v) is 8.91. The van der Waals surface area contributed by atoms with E-state index < -0.39 is 0 Å². The lowest BCUT2D eigenvalue weighted by molar-refractivity contribution is 0.670. The summed E-state index contributed by atoms with van der Waals surface area (Å²) in [6.07, 6.45) is 0. The van der Waals surface area contributed by atoms with Crippen molar-refractivity contribution in [2.24, 2.45) is 0 Å². The van der Waals surface area contributed by atoms with E-state index in [0.29, 0.717) is 0 Å². The zero-order valence-corrected chi connectivity index (χ0v) is 17.4. The monoisotopic (exact) mass is 421 g/mol. The van der Waals surface area contributed by atoms with Crippen molar-refractivity contribution in [3.05, 3.63) is 91.0 Å². The SMILES string of the molecule is c1ccc2c(c1)oc1c2ccc2c3cccc4c5ccc6c7ccccc7oc6c5n(c34)c21. The van der Waals surface area contributed by atoms with Crippen LogP contribution in [-0.4, -0.2) is 4.40 Å². The van der Waals surface area contributed by atoms with Crippen LogP contribution in [0.3, 0.4) is 0 Å². The molecule has 0 aliphatic carbocycles. The Labute approximate surface area is 186 Å². The van der Waals surface area contributed by atoms with E-state index in [2.05, 4.69) is 71.1 Å². The summed E-state index contributed by atoms with van der Waals surface area (Å²) in [5, 5.41) is 9.47. The molecule has 0 aliphatic heterocycles. The predicted octanol–water partition coefficient (Wildman–Crippen LogP) is 8.64. The van der Waals surface area contributed by atoms with Gasteiger partial charge in [0.1, 0.15) is 11.2 Å². The molecule has 0 spiro atoms. The summed E-state index contributed by atoms with van der Waals surface area (Å²) < 4.78 is 15.4. The van der Waals surface area contributed by atoms with Crippen molar-refractivity contribution in [3.8, 4) is 0 Å². The minimum Gasteiger partial charge on any atom is -0.454 e. The molecule has 152 valence electrons. The molecule has 0 unspecified atom stereocenters. The number of para-hydroxylation sites is 3. The van der Waals surface area contributed by atoms with E-state index in [9.17, 15) is 0 Å². The van der Waals surface area contributed by atoms with Crippen LogP contribution in [0.1, 0.15) is 0 Å². The van der Waals surface area contributed by atoms with Gasteiger partial charge in [0.15, 0.2) is 11.2 Å². The molecule has 5 aromatic carbocycles. The van der Waals surface area contributed by atoms with Gasteiger partial charge in [-0.1, -0.05) is 66.7 Å². The minimum absolute atomic E-state index is 0.915. The van der Waals surface area contributed by atoms with Crippen molar-refractivity contribution in [2.45, 2.75) is 0 Å². The van der Waals surface area contributed by atoms with Gasteiger partial charge in [-0.2, -0.15) is 0 Å². The number of hydrogen-bond acceptors (Lipinski definition) is 2. The molecule has 0 amide bonds. The molecule has 0 fully saturated rings. The summed E-state index contributed by atoms with van der Waals surface area (Å²) in [6.45, 7) is 0. The molecule has 0 bridgehead atoms. The molecule has 33 heavy (non-hydrogen) atoms. The van der Waals surface area contributed by atoms with Gasteiger partial charge in [-0.25, -0.2) is 0 Å². The summed E-state index contributed by atoms with van der Waals surface area (Å²) in [5.41, 5.74) is 7.13. The number of benzene rings is 5. The van der Waals surface area contributed by atoms with Crippen LogP contribution in [0.5, 0.6) is 0 Å². The zero-order chi connectivity index (χ0) is 21.3. The van der Waals surface area contributed by atoms with Crippen LogP contribution in [0.4, 0.5) is 0 Å².